The number of aromatic nitrogens is 1. The van der Waals surface area contributed by atoms with E-state index in [1.165, 1.54) is 29.6 Å². The summed E-state index contributed by atoms with van der Waals surface area (Å²) < 4.78 is 0. The molecule has 0 saturated heterocycles. The third-order valence-electron chi connectivity index (χ3n) is 2.79. The second-order valence-electron chi connectivity index (χ2n) is 4.35. The van der Waals surface area contributed by atoms with E-state index in [4.69, 9.17) is 10.6 Å². The number of carbonyl (C=O) groups is 2. The zero-order chi connectivity index (χ0) is 15.4. The summed E-state index contributed by atoms with van der Waals surface area (Å²) in [6, 6.07) is 6.22. The van der Waals surface area contributed by atoms with Gasteiger partial charge in [-0.1, -0.05) is 6.07 Å². The van der Waals surface area contributed by atoms with Gasteiger partial charge in [0.2, 0.25) is 5.91 Å². The van der Waals surface area contributed by atoms with Gasteiger partial charge in [-0.15, -0.1) is 11.3 Å². The van der Waals surface area contributed by atoms with Crippen molar-refractivity contribution in [1.82, 2.24) is 10.0 Å². The summed E-state index contributed by atoms with van der Waals surface area (Å²) in [5, 5.41) is 3.87. The zero-order valence-corrected chi connectivity index (χ0v) is 12.5. The first-order valence-corrected chi connectivity index (χ1v) is 7.06. The van der Waals surface area contributed by atoms with Crippen molar-refractivity contribution in [3.8, 4) is 0 Å². The van der Waals surface area contributed by atoms with Gasteiger partial charge in [0.05, 0.1) is 7.11 Å². The molecule has 1 aromatic heterocycles. The smallest absolute Gasteiger partial charge is 0.277 e. The van der Waals surface area contributed by atoms with Crippen LogP contribution in [0.4, 0.5) is 0 Å². The second kappa shape index (κ2) is 6.47. The lowest BCUT2D eigenvalue weighted by molar-refractivity contribution is -0.102. The molecule has 0 aliphatic heterocycles. The number of nitrogens with two attached hydrogens (primary N) is 1. The Balaban J connectivity index is 2.19. The molecular weight excluding hydrogens is 290 g/mol. The fraction of sp³-hybridized carbons (Fsp3) is 0.214. The number of hydroxylamine groups is 2. The van der Waals surface area contributed by atoms with Crippen LogP contribution in [0.25, 0.3) is 0 Å². The number of carbonyl (C=O) groups excluding carboxylic acids is 2. The molecule has 2 N–H and O–H groups in total. The first-order chi connectivity index (χ1) is 10.0. The van der Waals surface area contributed by atoms with E-state index >= 15 is 0 Å². The van der Waals surface area contributed by atoms with Gasteiger partial charge in [0.25, 0.3) is 5.91 Å². The Hall–Kier alpha value is -2.25. The quantitative estimate of drug-likeness (QED) is 0.853. The van der Waals surface area contributed by atoms with E-state index in [9.17, 15) is 9.59 Å². The van der Waals surface area contributed by atoms with Crippen LogP contribution in [0, 0.1) is 6.92 Å². The topological polar surface area (TPSA) is 85.5 Å². The maximum Gasteiger partial charge on any atom is 0.277 e. The van der Waals surface area contributed by atoms with Crippen molar-refractivity contribution < 1.29 is 14.4 Å². The molecule has 110 valence electrons. The number of rotatable bonds is 5. The summed E-state index contributed by atoms with van der Waals surface area (Å²) in [6.45, 7) is 2.13. The van der Waals surface area contributed by atoms with Gasteiger partial charge < -0.3 is 5.73 Å². The Labute approximate surface area is 126 Å². The van der Waals surface area contributed by atoms with Crippen LogP contribution in [0.5, 0.6) is 0 Å². The summed E-state index contributed by atoms with van der Waals surface area (Å²) in [4.78, 5) is 33.0. The lowest BCUT2D eigenvalue weighted by Crippen LogP contribution is -2.29. The van der Waals surface area contributed by atoms with Crippen molar-refractivity contribution in [1.29, 1.82) is 0 Å². The molecule has 0 aliphatic carbocycles. The van der Waals surface area contributed by atoms with E-state index in [1.54, 1.807) is 18.2 Å². The summed E-state index contributed by atoms with van der Waals surface area (Å²) in [5.74, 6) is -0.933. The van der Waals surface area contributed by atoms with E-state index < -0.39 is 5.91 Å². The van der Waals surface area contributed by atoms with E-state index in [-0.39, 0.29) is 18.0 Å². The molecule has 0 saturated carbocycles. The first-order valence-electron chi connectivity index (χ1n) is 6.18. The molecule has 7 heteroatoms. The normalized spacial score (nSPS) is 10.4. The molecule has 1 heterocycles. The van der Waals surface area contributed by atoms with Gasteiger partial charge in [0, 0.05) is 22.2 Å². The minimum Gasteiger partial charge on any atom is -0.366 e. The summed E-state index contributed by atoms with van der Waals surface area (Å²) in [5.41, 5.74) is 6.73. The van der Waals surface area contributed by atoms with Crippen molar-refractivity contribution >= 4 is 23.2 Å². The molecule has 0 aliphatic rings. The van der Waals surface area contributed by atoms with Crippen molar-refractivity contribution in [2.45, 2.75) is 13.5 Å². The Bertz CT molecular complexity index is 669. The maximum absolute atomic E-state index is 12.4. The Kier molecular flexibility index (Phi) is 4.66. The van der Waals surface area contributed by atoms with Gasteiger partial charge in [-0.3, -0.25) is 14.4 Å². The van der Waals surface area contributed by atoms with Crippen molar-refractivity contribution in [2.75, 3.05) is 7.11 Å². The van der Waals surface area contributed by atoms with Crippen LogP contribution in [0.1, 0.15) is 31.4 Å². The fourth-order valence-electron chi connectivity index (χ4n) is 1.77. The number of hydrogen-bond acceptors (Lipinski definition) is 5. The second-order valence-corrected chi connectivity index (χ2v) is 5.29. The predicted molar refractivity (Wildman–Crippen MR) is 78.7 cm³/mol. The van der Waals surface area contributed by atoms with Gasteiger partial charge in [0.15, 0.2) is 0 Å². The van der Waals surface area contributed by atoms with E-state index in [2.05, 4.69) is 4.98 Å². The van der Waals surface area contributed by atoms with E-state index in [0.717, 1.165) is 10.7 Å². The summed E-state index contributed by atoms with van der Waals surface area (Å²) >= 11 is 1.45. The van der Waals surface area contributed by atoms with Gasteiger partial charge >= 0.3 is 0 Å². The molecule has 0 radical (unpaired) electrons. The highest BCUT2D eigenvalue weighted by Gasteiger charge is 2.18. The predicted octanol–water partition coefficient (Wildman–Crippen LogP) is 1.75. The lowest BCUT2D eigenvalue weighted by Gasteiger charge is -2.18. The summed E-state index contributed by atoms with van der Waals surface area (Å²) in [6.07, 6.45) is 0. The van der Waals surface area contributed by atoms with E-state index in [0.29, 0.717) is 5.56 Å². The minimum absolute atomic E-state index is 0.245. The highest BCUT2D eigenvalue weighted by molar-refractivity contribution is 7.09. The number of hydrogen-bond donors (Lipinski definition) is 1. The Morgan fingerprint density at radius 3 is 2.67 bits per heavy atom. The molecule has 0 atom stereocenters. The average Bonchev–Trinajstić information content (AvgIpc) is 2.89. The zero-order valence-electron chi connectivity index (χ0n) is 11.7. The molecule has 2 rings (SSSR count). The van der Waals surface area contributed by atoms with Gasteiger partial charge in [-0.2, -0.15) is 0 Å². The third kappa shape index (κ3) is 3.65. The standard InChI is InChI=1S/C14H15N3O3S/c1-9-8-21-12(16-9)7-17(20-2)14(19)11-5-3-4-10(6-11)13(15)18/h3-6,8H,7H2,1-2H3,(H2,15,18). The molecule has 1 aromatic carbocycles. The van der Waals surface area contributed by atoms with Crippen LogP contribution in [-0.4, -0.2) is 29.0 Å². The van der Waals surface area contributed by atoms with Crippen molar-refractivity contribution in [2.24, 2.45) is 5.73 Å². The van der Waals surface area contributed by atoms with E-state index in [1.807, 2.05) is 12.3 Å². The molecule has 2 amide bonds. The number of nitrogens with zero attached hydrogens (tertiary/aromatic N) is 2. The van der Waals surface area contributed by atoms with Gasteiger partial charge in [-0.05, 0) is 25.1 Å². The number of amides is 2. The largest absolute Gasteiger partial charge is 0.366 e. The minimum atomic E-state index is -0.579. The molecule has 2 aromatic rings. The monoisotopic (exact) mass is 305 g/mol. The highest BCUT2D eigenvalue weighted by atomic mass is 32.1. The first kappa shape index (κ1) is 15.1. The van der Waals surface area contributed by atoms with Crippen LogP contribution in [0.3, 0.4) is 0 Å². The van der Waals surface area contributed by atoms with Crippen LogP contribution in [-0.2, 0) is 11.4 Å². The third-order valence-corrected chi connectivity index (χ3v) is 3.74. The Morgan fingerprint density at radius 1 is 1.38 bits per heavy atom. The van der Waals surface area contributed by atoms with Crippen molar-refractivity contribution in [3.05, 3.63) is 51.5 Å². The van der Waals surface area contributed by atoms with Crippen LogP contribution >= 0.6 is 11.3 Å². The number of thiazole rings is 1. The molecule has 0 unspecified atom stereocenters. The van der Waals surface area contributed by atoms with Gasteiger partial charge in [-0.25, -0.2) is 10.0 Å². The van der Waals surface area contributed by atoms with Crippen LogP contribution in [0.15, 0.2) is 29.6 Å². The number of primary amides is 1. The average molecular weight is 305 g/mol. The highest BCUT2D eigenvalue weighted by Crippen LogP contribution is 2.15. The van der Waals surface area contributed by atoms with Gasteiger partial charge in [0.1, 0.15) is 11.6 Å². The SMILES string of the molecule is CON(Cc1nc(C)cs1)C(=O)c1cccc(C(N)=O)c1. The molecule has 0 fully saturated rings. The lowest BCUT2D eigenvalue weighted by atomic mass is 10.1. The summed E-state index contributed by atoms with van der Waals surface area (Å²) in [7, 11) is 1.41. The molecule has 0 bridgehead atoms. The molecule has 21 heavy (non-hydrogen) atoms. The van der Waals surface area contributed by atoms with Crippen LogP contribution < -0.4 is 5.73 Å². The Morgan fingerprint density at radius 2 is 2.10 bits per heavy atom. The molecule has 0 spiro atoms. The number of aryl methyl sites for hydroxylation is 1. The van der Waals surface area contributed by atoms with Crippen LogP contribution in [0.2, 0.25) is 0 Å². The maximum atomic E-state index is 12.4. The molecular formula is C14H15N3O3S. The fourth-order valence-corrected chi connectivity index (χ4v) is 2.51. The number of benzene rings is 1. The molecule has 6 nitrogen and oxygen atoms in total. The van der Waals surface area contributed by atoms with Crippen molar-refractivity contribution in [3.63, 3.8) is 0 Å².